The maximum Gasteiger partial charge on any atom is 0.270 e. The number of likely N-dealkylation sites (tertiary alicyclic amines) is 1. The van der Waals surface area contributed by atoms with Crippen molar-refractivity contribution in [1.82, 2.24) is 14.8 Å². The van der Waals surface area contributed by atoms with Gasteiger partial charge in [0.2, 0.25) is 0 Å². The molecule has 3 aromatic rings. The van der Waals surface area contributed by atoms with Gasteiger partial charge in [-0.1, -0.05) is 48.4 Å². The lowest BCUT2D eigenvalue weighted by molar-refractivity contribution is -0.115. The van der Waals surface area contributed by atoms with Gasteiger partial charge in [0.25, 0.3) is 11.5 Å². The Labute approximate surface area is 233 Å². The molecule has 1 aliphatic heterocycles. The fraction of sp³-hybridized carbons (Fsp3) is 0.323. The van der Waals surface area contributed by atoms with Crippen LogP contribution in [0.1, 0.15) is 36.8 Å². The first kappa shape index (κ1) is 27.9. The molecule has 0 bridgehead atoms. The second-order valence-corrected chi connectivity index (χ2v) is 10.5. The first-order chi connectivity index (χ1) is 19.0. The van der Waals surface area contributed by atoms with Crippen LogP contribution in [-0.4, -0.2) is 41.6 Å². The van der Waals surface area contributed by atoms with Crippen molar-refractivity contribution < 1.29 is 4.79 Å². The molecule has 200 valence electrons. The van der Waals surface area contributed by atoms with Gasteiger partial charge in [-0.2, -0.15) is 5.26 Å². The Hall–Kier alpha value is -4.11. The minimum Gasteiger partial charge on any atom is -0.360 e. The molecule has 0 spiro atoms. The van der Waals surface area contributed by atoms with Gasteiger partial charge in [0.15, 0.2) is 5.57 Å². The quantitative estimate of drug-likeness (QED) is 0.408. The average Bonchev–Trinajstić information content (AvgIpc) is 3.29. The van der Waals surface area contributed by atoms with Crippen LogP contribution in [0.5, 0.6) is 0 Å². The highest BCUT2D eigenvalue weighted by atomic mass is 32.1. The van der Waals surface area contributed by atoms with Gasteiger partial charge >= 0.3 is 0 Å². The largest absolute Gasteiger partial charge is 0.360 e. The third-order valence-corrected chi connectivity index (χ3v) is 8.13. The van der Waals surface area contributed by atoms with E-state index in [0.29, 0.717) is 21.7 Å². The van der Waals surface area contributed by atoms with Crippen molar-refractivity contribution >= 4 is 34.7 Å². The minimum absolute atomic E-state index is 0.00852. The number of rotatable bonds is 9. The second kappa shape index (κ2) is 13.6. The molecule has 7 nitrogen and oxygen atoms in total. The highest BCUT2D eigenvalue weighted by Crippen LogP contribution is 2.27. The molecule has 2 N–H and O–H groups in total. The number of carbonyl (C=O) groups is 1. The smallest absolute Gasteiger partial charge is 0.270 e. The van der Waals surface area contributed by atoms with E-state index in [-0.39, 0.29) is 17.7 Å². The van der Waals surface area contributed by atoms with Gasteiger partial charge < -0.3 is 15.5 Å². The van der Waals surface area contributed by atoms with Crippen LogP contribution in [0, 0.1) is 23.7 Å². The summed E-state index contributed by atoms with van der Waals surface area (Å²) in [5, 5.41) is 15.3. The molecule has 0 aliphatic carbocycles. The van der Waals surface area contributed by atoms with Gasteiger partial charge in [0, 0.05) is 25.0 Å². The summed E-state index contributed by atoms with van der Waals surface area (Å²) in [6, 6.07) is 20.9. The molecule has 4 rings (SSSR count). The van der Waals surface area contributed by atoms with Crippen molar-refractivity contribution in [2.24, 2.45) is 0 Å². The van der Waals surface area contributed by atoms with Gasteiger partial charge in [-0.3, -0.25) is 14.2 Å². The van der Waals surface area contributed by atoms with Gasteiger partial charge in [-0.25, -0.2) is 0 Å². The zero-order valence-corrected chi connectivity index (χ0v) is 23.0. The Bertz CT molecular complexity index is 1550. The molecule has 1 aliphatic rings. The van der Waals surface area contributed by atoms with Gasteiger partial charge in [0.05, 0.1) is 6.54 Å². The summed E-state index contributed by atoms with van der Waals surface area (Å²) in [7, 11) is 0. The maximum atomic E-state index is 13.0. The molecule has 0 atom stereocenters. The lowest BCUT2D eigenvalue weighted by Gasteiger charge is -2.32. The molecule has 0 saturated carbocycles. The molecule has 0 radical (unpaired) electrons. The monoisotopic (exact) mass is 539 g/mol. The number of anilines is 1. The van der Waals surface area contributed by atoms with Crippen molar-refractivity contribution in [3.63, 3.8) is 0 Å². The number of hydrogen-bond acceptors (Lipinski definition) is 6. The van der Waals surface area contributed by atoms with E-state index in [2.05, 4.69) is 63.9 Å². The summed E-state index contributed by atoms with van der Waals surface area (Å²) in [4.78, 5) is 27.9. The molecule has 2 heterocycles. The third kappa shape index (κ3) is 7.06. The van der Waals surface area contributed by atoms with Crippen LogP contribution in [0.3, 0.4) is 0 Å². The van der Waals surface area contributed by atoms with E-state index >= 15 is 0 Å². The summed E-state index contributed by atoms with van der Waals surface area (Å²) in [6.45, 7) is 5.38. The third-order valence-electron chi connectivity index (χ3n) is 7.00. The van der Waals surface area contributed by atoms with Crippen LogP contribution in [0.15, 0.2) is 59.4 Å². The van der Waals surface area contributed by atoms with Crippen LogP contribution in [0.2, 0.25) is 0 Å². The zero-order chi connectivity index (χ0) is 27.6. The number of thiazole rings is 1. The zero-order valence-electron chi connectivity index (χ0n) is 22.2. The van der Waals surface area contributed by atoms with Gasteiger partial charge in [-0.15, -0.1) is 17.8 Å². The van der Waals surface area contributed by atoms with Crippen LogP contribution >= 0.6 is 11.3 Å². The summed E-state index contributed by atoms with van der Waals surface area (Å²) >= 11 is 1.11. The Morgan fingerprint density at radius 1 is 1.18 bits per heavy atom. The lowest BCUT2D eigenvalue weighted by atomic mass is 9.89. The number of nitrogens with one attached hydrogen (secondary N) is 2. The van der Waals surface area contributed by atoms with Gasteiger partial charge in [0.1, 0.15) is 15.3 Å². The second-order valence-electron chi connectivity index (χ2n) is 9.46. The van der Waals surface area contributed by atoms with E-state index in [1.165, 1.54) is 28.5 Å². The Kier molecular flexibility index (Phi) is 9.74. The van der Waals surface area contributed by atoms with Crippen LogP contribution in [0.4, 0.5) is 5.69 Å². The number of carbonyl (C=O) groups excluding carboxylic acids is 1. The topological polar surface area (TPSA) is 90.2 Å². The molecular weight excluding hydrogens is 506 g/mol. The van der Waals surface area contributed by atoms with E-state index in [9.17, 15) is 14.9 Å². The van der Waals surface area contributed by atoms with Crippen molar-refractivity contribution in [2.75, 3.05) is 31.5 Å². The molecule has 2 aromatic carbocycles. The first-order valence-corrected chi connectivity index (χ1v) is 14.0. The molecular formula is C31H33N5O2S. The van der Waals surface area contributed by atoms with Crippen molar-refractivity contribution in [3.05, 3.63) is 85.3 Å². The van der Waals surface area contributed by atoms with E-state index in [0.717, 1.165) is 43.1 Å². The number of aromatic nitrogens is 1. The minimum atomic E-state index is -0.588. The summed E-state index contributed by atoms with van der Waals surface area (Å²) in [5.74, 6) is 2.38. The Morgan fingerprint density at radius 3 is 2.64 bits per heavy atom. The van der Waals surface area contributed by atoms with Crippen molar-refractivity contribution in [1.29, 1.82) is 5.26 Å². The highest BCUT2D eigenvalue weighted by molar-refractivity contribution is 7.07. The number of terminal acetylenes is 1. The van der Waals surface area contributed by atoms with E-state index in [1.807, 2.05) is 18.2 Å². The fourth-order valence-corrected chi connectivity index (χ4v) is 5.96. The number of nitrogens with zero attached hydrogens (tertiary/aromatic N) is 3. The van der Waals surface area contributed by atoms with E-state index < -0.39 is 5.91 Å². The fourth-order valence-electron chi connectivity index (χ4n) is 4.88. The lowest BCUT2D eigenvalue weighted by Crippen LogP contribution is -2.34. The first-order valence-electron chi connectivity index (χ1n) is 13.2. The average molecular weight is 540 g/mol. The van der Waals surface area contributed by atoms with Crippen LogP contribution < -0.4 is 25.4 Å². The predicted molar refractivity (Wildman–Crippen MR) is 157 cm³/mol. The SMILES string of the molecule is C#CCNC(=O)/C(C#N)=c1\s/c(=C/Nc2cccc(CCN3CCC(c4ccccc4)CC3)c2)c(=O)n1CC. The van der Waals surface area contributed by atoms with Gasteiger partial charge in [-0.05, 0) is 68.5 Å². The van der Waals surface area contributed by atoms with Crippen LogP contribution in [0.25, 0.3) is 11.8 Å². The summed E-state index contributed by atoms with van der Waals surface area (Å²) in [6.07, 6.45) is 10.2. The molecule has 39 heavy (non-hydrogen) atoms. The highest BCUT2D eigenvalue weighted by Gasteiger charge is 2.20. The number of nitriles is 1. The molecule has 1 amide bonds. The standard InChI is InChI=1S/C31H33N5O2S/c1-3-16-33-29(37)27(21-32)31-36(4-2)30(38)28(39-31)22-34-26-12-8-9-23(20-26)13-17-35-18-14-25(15-19-35)24-10-6-5-7-11-24/h1,5-12,20,22,25,34H,4,13-19H2,2H3,(H,33,37)/b28-22+,31-27-. The summed E-state index contributed by atoms with van der Waals surface area (Å²) < 4.78 is 2.16. The Morgan fingerprint density at radius 2 is 1.95 bits per heavy atom. The van der Waals surface area contributed by atoms with Crippen molar-refractivity contribution in [2.45, 2.75) is 38.6 Å². The number of piperidine rings is 1. The number of benzene rings is 2. The molecule has 1 aromatic heterocycles. The number of hydrogen-bond donors (Lipinski definition) is 2. The predicted octanol–water partition coefficient (Wildman–Crippen LogP) is 2.63. The molecule has 1 saturated heterocycles. The summed E-state index contributed by atoms with van der Waals surface area (Å²) in [5.41, 5.74) is 3.18. The van der Waals surface area contributed by atoms with Crippen molar-refractivity contribution in [3.8, 4) is 18.4 Å². The normalized spacial score (nSPS) is 15.3. The number of amides is 1. The van der Waals surface area contributed by atoms with Crippen LogP contribution in [-0.2, 0) is 17.8 Å². The molecule has 0 unspecified atom stereocenters. The van der Waals surface area contributed by atoms with E-state index in [4.69, 9.17) is 6.42 Å². The Balaban J connectivity index is 1.42. The maximum absolute atomic E-state index is 13.0. The molecule has 8 heteroatoms. The molecule has 1 fully saturated rings. The van der Waals surface area contributed by atoms with E-state index in [1.54, 1.807) is 13.1 Å².